The molecule has 1 aromatic carbocycles. The highest BCUT2D eigenvalue weighted by atomic mass is 32.2. The van der Waals surface area contributed by atoms with Crippen LogP contribution in [0.2, 0.25) is 0 Å². The van der Waals surface area contributed by atoms with Crippen molar-refractivity contribution in [3.8, 4) is 0 Å². The molecule has 0 N–H and O–H groups in total. The number of hydrogen-bond acceptors (Lipinski definition) is 4. The highest BCUT2D eigenvalue weighted by Crippen LogP contribution is 2.27. The van der Waals surface area contributed by atoms with Crippen LogP contribution in [0.1, 0.15) is 5.56 Å². The summed E-state index contributed by atoms with van der Waals surface area (Å²) in [4.78, 5) is 4.02. The zero-order valence-corrected chi connectivity index (χ0v) is 12.3. The lowest BCUT2D eigenvalue weighted by atomic mass is 10.0. The van der Waals surface area contributed by atoms with Crippen LogP contribution in [-0.2, 0) is 16.6 Å². The number of nitrogens with zero attached hydrogens (tertiary/aromatic N) is 4. The molecule has 1 aromatic heterocycles. The maximum Gasteiger partial charge on any atom is 0.243 e. The van der Waals surface area contributed by atoms with Gasteiger partial charge in [-0.25, -0.2) is 17.8 Å². The number of halogens is 1. The molecule has 0 spiro atoms. The second-order valence-electron chi connectivity index (χ2n) is 5.22. The Morgan fingerprint density at radius 2 is 2.14 bits per heavy atom. The summed E-state index contributed by atoms with van der Waals surface area (Å²) in [7, 11) is -3.54. The highest BCUT2D eigenvalue weighted by molar-refractivity contribution is 7.89. The van der Waals surface area contributed by atoms with E-state index in [9.17, 15) is 12.8 Å². The van der Waals surface area contributed by atoms with Gasteiger partial charge in [0.1, 0.15) is 18.5 Å². The lowest BCUT2D eigenvalue weighted by Crippen LogP contribution is -2.51. The van der Waals surface area contributed by atoms with E-state index < -0.39 is 15.8 Å². The van der Waals surface area contributed by atoms with Crippen molar-refractivity contribution >= 4 is 10.0 Å². The Kier molecular flexibility index (Phi) is 3.50. The zero-order valence-electron chi connectivity index (χ0n) is 11.5. The average Bonchev–Trinajstić information content (AvgIpc) is 2.85. The minimum atomic E-state index is -3.54. The summed E-state index contributed by atoms with van der Waals surface area (Å²) < 4.78 is 41.1. The quantitative estimate of drug-likeness (QED) is 0.846. The largest absolute Gasteiger partial charge is 0.253 e. The van der Waals surface area contributed by atoms with Crippen molar-refractivity contribution in [2.75, 3.05) is 13.1 Å². The summed E-state index contributed by atoms with van der Waals surface area (Å²) in [5.74, 6) is -0.207. The van der Waals surface area contributed by atoms with E-state index in [1.54, 1.807) is 17.9 Å². The van der Waals surface area contributed by atoms with Crippen LogP contribution >= 0.6 is 0 Å². The summed E-state index contributed by atoms with van der Waals surface area (Å²) in [5.41, 5.74) is 0.426. The first kappa shape index (κ1) is 14.2. The number of rotatable bonds is 4. The number of aryl methyl sites for hydroxylation is 1. The molecule has 1 aliphatic heterocycles. The van der Waals surface area contributed by atoms with Crippen molar-refractivity contribution in [3.05, 3.63) is 42.2 Å². The molecular weight excluding hydrogens is 295 g/mol. The van der Waals surface area contributed by atoms with Gasteiger partial charge in [0.15, 0.2) is 0 Å². The van der Waals surface area contributed by atoms with Gasteiger partial charge in [-0.2, -0.15) is 9.40 Å². The molecule has 1 aliphatic rings. The predicted octanol–water partition coefficient (Wildman–Crippen LogP) is 1.05. The third-order valence-electron chi connectivity index (χ3n) is 3.59. The summed E-state index contributed by atoms with van der Waals surface area (Å²) in [6.07, 6.45) is 3.07. The Bertz CT molecular complexity index is 740. The van der Waals surface area contributed by atoms with Crippen LogP contribution in [0.15, 0.2) is 35.7 Å². The average molecular weight is 310 g/mol. The van der Waals surface area contributed by atoms with Crippen LogP contribution in [0, 0.1) is 18.7 Å². The van der Waals surface area contributed by atoms with Crippen molar-refractivity contribution in [2.45, 2.75) is 18.4 Å². The molecule has 0 amide bonds. The van der Waals surface area contributed by atoms with Gasteiger partial charge in [-0.15, -0.1) is 0 Å². The maximum atomic E-state index is 13.1. The molecule has 8 heteroatoms. The Balaban J connectivity index is 1.70. The van der Waals surface area contributed by atoms with Crippen LogP contribution in [0.25, 0.3) is 0 Å². The molecule has 0 bridgehead atoms. The Morgan fingerprint density at radius 3 is 2.76 bits per heavy atom. The molecule has 0 aliphatic carbocycles. The Hall–Kier alpha value is -1.80. The Labute approximate surface area is 122 Å². The normalized spacial score (nSPS) is 16.9. The maximum absolute atomic E-state index is 13.1. The highest BCUT2D eigenvalue weighted by Gasteiger charge is 2.37. The minimum absolute atomic E-state index is 0.170. The van der Waals surface area contributed by atoms with Gasteiger partial charge >= 0.3 is 0 Å². The fourth-order valence-electron chi connectivity index (χ4n) is 2.47. The lowest BCUT2D eigenvalue weighted by molar-refractivity contribution is 0.174. The fraction of sp³-hybridized carbons (Fsp3) is 0.385. The van der Waals surface area contributed by atoms with Crippen molar-refractivity contribution in [3.63, 3.8) is 0 Å². The zero-order chi connectivity index (χ0) is 15.0. The fourth-order valence-corrected chi connectivity index (χ4v) is 4.27. The molecule has 0 saturated carbocycles. The van der Waals surface area contributed by atoms with Gasteiger partial charge in [0.05, 0.1) is 4.90 Å². The van der Waals surface area contributed by atoms with E-state index in [1.807, 2.05) is 0 Å². The van der Waals surface area contributed by atoms with Crippen molar-refractivity contribution in [1.82, 2.24) is 19.1 Å². The Morgan fingerprint density at radius 1 is 1.38 bits per heavy atom. The molecule has 1 saturated heterocycles. The third-order valence-corrected chi connectivity index (χ3v) is 5.58. The van der Waals surface area contributed by atoms with E-state index in [4.69, 9.17) is 0 Å². The van der Waals surface area contributed by atoms with Crippen LogP contribution in [0.3, 0.4) is 0 Å². The van der Waals surface area contributed by atoms with E-state index in [1.165, 1.54) is 28.8 Å². The second-order valence-corrected chi connectivity index (χ2v) is 7.12. The number of hydrogen-bond donors (Lipinski definition) is 0. The minimum Gasteiger partial charge on any atom is -0.253 e. The molecule has 0 atom stereocenters. The number of aromatic nitrogens is 3. The molecule has 2 heterocycles. The second kappa shape index (κ2) is 5.19. The van der Waals surface area contributed by atoms with Gasteiger partial charge < -0.3 is 0 Å². The summed E-state index contributed by atoms with van der Waals surface area (Å²) in [5, 5.41) is 4.00. The van der Waals surface area contributed by atoms with E-state index in [0.29, 0.717) is 25.2 Å². The molecular formula is C13H15FN4O2S. The van der Waals surface area contributed by atoms with E-state index in [0.717, 1.165) is 0 Å². The number of benzene rings is 1. The van der Waals surface area contributed by atoms with E-state index in [-0.39, 0.29) is 10.8 Å². The molecule has 112 valence electrons. The monoisotopic (exact) mass is 310 g/mol. The standard InChI is InChI=1S/C13H15FN4O2S/c1-10-4-12(14)2-3-13(10)21(19,20)18-6-11(7-18)5-17-9-15-8-16-17/h2-4,8-9,11H,5-7H2,1H3. The molecule has 21 heavy (non-hydrogen) atoms. The predicted molar refractivity (Wildman–Crippen MR) is 73.4 cm³/mol. The molecule has 0 radical (unpaired) electrons. The SMILES string of the molecule is Cc1cc(F)ccc1S(=O)(=O)N1CC(Cn2cncn2)C1. The molecule has 3 rings (SSSR count). The first-order valence-electron chi connectivity index (χ1n) is 6.55. The van der Waals surface area contributed by atoms with Crippen LogP contribution in [-0.4, -0.2) is 40.6 Å². The first-order chi connectivity index (χ1) is 9.96. The van der Waals surface area contributed by atoms with E-state index in [2.05, 4.69) is 10.1 Å². The summed E-state index contributed by atoms with van der Waals surface area (Å²) >= 11 is 0. The van der Waals surface area contributed by atoms with Gasteiger partial charge in [0.2, 0.25) is 10.0 Å². The topological polar surface area (TPSA) is 68.1 Å². The summed E-state index contributed by atoms with van der Waals surface area (Å²) in [6, 6.07) is 3.73. The van der Waals surface area contributed by atoms with Gasteiger partial charge in [-0.1, -0.05) is 0 Å². The molecule has 0 unspecified atom stereocenters. The van der Waals surface area contributed by atoms with Gasteiger partial charge in [0.25, 0.3) is 0 Å². The first-order valence-corrected chi connectivity index (χ1v) is 7.99. The van der Waals surface area contributed by atoms with Crippen LogP contribution in [0.4, 0.5) is 4.39 Å². The molecule has 2 aromatic rings. The van der Waals surface area contributed by atoms with E-state index >= 15 is 0 Å². The van der Waals surface area contributed by atoms with Gasteiger partial charge in [-0.3, -0.25) is 4.68 Å². The smallest absolute Gasteiger partial charge is 0.243 e. The third kappa shape index (κ3) is 2.68. The molecule has 1 fully saturated rings. The van der Waals surface area contributed by atoms with Gasteiger partial charge in [0, 0.05) is 25.6 Å². The summed E-state index contributed by atoms with van der Waals surface area (Å²) in [6.45, 7) is 3.13. The molecule has 6 nitrogen and oxygen atoms in total. The van der Waals surface area contributed by atoms with Crippen LogP contribution < -0.4 is 0 Å². The van der Waals surface area contributed by atoms with Crippen molar-refractivity contribution < 1.29 is 12.8 Å². The van der Waals surface area contributed by atoms with Gasteiger partial charge in [-0.05, 0) is 30.7 Å². The number of sulfonamides is 1. The van der Waals surface area contributed by atoms with Crippen LogP contribution in [0.5, 0.6) is 0 Å². The lowest BCUT2D eigenvalue weighted by Gasteiger charge is -2.38. The van der Waals surface area contributed by atoms with Crippen molar-refractivity contribution in [2.24, 2.45) is 5.92 Å². The van der Waals surface area contributed by atoms with Crippen molar-refractivity contribution in [1.29, 1.82) is 0 Å².